The van der Waals surface area contributed by atoms with Crippen molar-refractivity contribution in [3.63, 3.8) is 0 Å². The highest BCUT2D eigenvalue weighted by Crippen LogP contribution is 2.61. The van der Waals surface area contributed by atoms with E-state index in [0.717, 1.165) is 6.29 Å². The molecule has 0 saturated heterocycles. The van der Waals surface area contributed by atoms with E-state index in [9.17, 15) is 23.8 Å². The minimum atomic E-state index is -5.24. The molecule has 0 heterocycles. The smallest absolute Gasteiger partial charge is 0.366 e. The zero-order chi connectivity index (χ0) is 17.7. The summed E-state index contributed by atoms with van der Waals surface area (Å²) >= 11 is 0. The largest absolute Gasteiger partial charge is 0.369 e. The molecule has 5 N–H and O–H groups in total. The van der Waals surface area contributed by atoms with Gasteiger partial charge in [0.15, 0.2) is 0 Å². The lowest BCUT2D eigenvalue weighted by Crippen LogP contribution is -2.32. The van der Waals surface area contributed by atoms with Gasteiger partial charge in [-0.3, -0.25) is 13.9 Å². The van der Waals surface area contributed by atoms with Crippen molar-refractivity contribution < 1.29 is 38.5 Å². The average Bonchev–Trinajstić information content (AvgIpc) is 2.46. The minimum absolute atomic E-state index is 0.210. The SMILES string of the molecule is O=CCc1ccc(C(=O)NCCC(O)([PH](=O)O)P(=O)(O)O)cc1. The maximum atomic E-state index is 11.8. The molecule has 0 saturated carbocycles. The summed E-state index contributed by atoms with van der Waals surface area (Å²) in [6.07, 6.45) is 0.150. The van der Waals surface area contributed by atoms with Crippen molar-refractivity contribution in [3.8, 4) is 0 Å². The fraction of sp³-hybridized carbons (Fsp3) is 0.333. The third kappa shape index (κ3) is 5.07. The summed E-state index contributed by atoms with van der Waals surface area (Å²) in [5.74, 6) is -0.590. The second-order valence-corrected chi connectivity index (χ2v) is 8.43. The molecule has 0 radical (unpaired) electrons. The van der Waals surface area contributed by atoms with Gasteiger partial charge in [0.05, 0.1) is 0 Å². The third-order valence-electron chi connectivity index (χ3n) is 3.12. The number of aliphatic hydroxyl groups is 1. The summed E-state index contributed by atoms with van der Waals surface area (Å²) in [5, 5.41) is 8.86. The van der Waals surface area contributed by atoms with E-state index in [1.807, 2.05) is 0 Å². The Bertz CT molecular complexity index is 641. The van der Waals surface area contributed by atoms with Crippen molar-refractivity contribution in [2.75, 3.05) is 6.54 Å². The van der Waals surface area contributed by atoms with Crippen LogP contribution in [0.3, 0.4) is 0 Å². The highest BCUT2D eigenvalue weighted by atomic mass is 31.2. The molecule has 0 fully saturated rings. The molecule has 128 valence electrons. The Morgan fingerprint density at radius 3 is 2.30 bits per heavy atom. The van der Waals surface area contributed by atoms with Crippen LogP contribution in [-0.4, -0.2) is 43.6 Å². The maximum absolute atomic E-state index is 11.8. The Kier molecular flexibility index (Phi) is 6.83. The predicted molar refractivity (Wildman–Crippen MR) is 81.4 cm³/mol. The van der Waals surface area contributed by atoms with Crippen molar-refractivity contribution in [2.45, 2.75) is 17.9 Å². The molecule has 2 unspecified atom stereocenters. The van der Waals surface area contributed by atoms with Gasteiger partial charge >= 0.3 is 7.60 Å². The van der Waals surface area contributed by atoms with E-state index in [2.05, 4.69) is 5.32 Å². The van der Waals surface area contributed by atoms with E-state index >= 15 is 0 Å². The van der Waals surface area contributed by atoms with Gasteiger partial charge in [-0.15, -0.1) is 0 Å². The molecule has 0 aliphatic heterocycles. The topological polar surface area (TPSA) is 161 Å². The first-order valence-corrected chi connectivity index (χ1v) is 9.41. The maximum Gasteiger partial charge on any atom is 0.366 e. The number of benzene rings is 1. The number of aldehydes is 1. The molecular weight excluding hydrogens is 348 g/mol. The number of carbonyl (C=O) groups is 2. The van der Waals surface area contributed by atoms with Gasteiger partial charge in [-0.2, -0.15) is 0 Å². The zero-order valence-electron chi connectivity index (χ0n) is 11.9. The van der Waals surface area contributed by atoms with Gasteiger partial charge in [0.25, 0.3) is 5.91 Å². The normalized spacial score (nSPS) is 15.5. The highest BCUT2D eigenvalue weighted by Gasteiger charge is 2.50. The summed E-state index contributed by atoms with van der Waals surface area (Å²) in [7, 11) is -9.18. The van der Waals surface area contributed by atoms with Crippen LogP contribution in [0.5, 0.6) is 0 Å². The molecule has 9 nitrogen and oxygen atoms in total. The van der Waals surface area contributed by atoms with Gasteiger partial charge in [-0.1, -0.05) is 12.1 Å². The number of carbonyl (C=O) groups excluding carboxylic acids is 2. The van der Waals surface area contributed by atoms with Crippen molar-refractivity contribution in [2.24, 2.45) is 0 Å². The van der Waals surface area contributed by atoms with Crippen LogP contribution in [0, 0.1) is 0 Å². The lowest BCUT2D eigenvalue weighted by molar-refractivity contribution is -0.107. The van der Waals surface area contributed by atoms with E-state index in [1.165, 1.54) is 12.1 Å². The number of nitrogens with one attached hydrogen (secondary N) is 1. The summed E-state index contributed by atoms with van der Waals surface area (Å²) in [5.41, 5.74) is 0.947. The monoisotopic (exact) mass is 365 g/mol. The molecule has 11 heteroatoms. The third-order valence-corrected chi connectivity index (χ3v) is 6.69. The summed E-state index contributed by atoms with van der Waals surface area (Å²) < 4.78 is 22.1. The van der Waals surface area contributed by atoms with Gasteiger partial charge < -0.3 is 29.9 Å². The van der Waals surface area contributed by atoms with Crippen molar-refractivity contribution in [3.05, 3.63) is 35.4 Å². The number of rotatable bonds is 8. The van der Waals surface area contributed by atoms with E-state index in [0.29, 0.717) is 5.56 Å². The van der Waals surface area contributed by atoms with E-state index in [4.69, 9.17) is 14.7 Å². The summed E-state index contributed by atoms with van der Waals surface area (Å²) in [6, 6.07) is 6.06. The summed E-state index contributed by atoms with van der Waals surface area (Å²) in [4.78, 5) is 49.0. The molecule has 0 aromatic heterocycles. The number of hydrogen-bond acceptors (Lipinski definition) is 5. The van der Waals surface area contributed by atoms with E-state index < -0.39 is 39.6 Å². The zero-order valence-corrected chi connectivity index (χ0v) is 13.8. The van der Waals surface area contributed by atoms with Gasteiger partial charge in [-0.05, 0) is 17.7 Å². The van der Waals surface area contributed by atoms with Crippen LogP contribution in [0.4, 0.5) is 0 Å². The molecule has 2 atom stereocenters. The predicted octanol–water partition coefficient (Wildman–Crippen LogP) is -0.161. The molecule has 1 aromatic carbocycles. The lowest BCUT2D eigenvalue weighted by Gasteiger charge is -2.25. The van der Waals surface area contributed by atoms with Crippen LogP contribution in [0.1, 0.15) is 22.3 Å². The van der Waals surface area contributed by atoms with Crippen LogP contribution in [0.15, 0.2) is 24.3 Å². The first kappa shape index (κ1) is 19.7. The van der Waals surface area contributed by atoms with Crippen LogP contribution in [0.25, 0.3) is 0 Å². The van der Waals surface area contributed by atoms with Crippen molar-refractivity contribution in [1.29, 1.82) is 0 Å². The van der Waals surface area contributed by atoms with Gasteiger partial charge in [0.2, 0.25) is 13.1 Å². The molecule has 23 heavy (non-hydrogen) atoms. The first-order chi connectivity index (χ1) is 10.6. The Hall–Kier alpha value is -1.34. The average molecular weight is 365 g/mol. The van der Waals surface area contributed by atoms with Crippen LogP contribution >= 0.6 is 15.6 Å². The molecular formula is C12H17NO8P2. The minimum Gasteiger partial charge on any atom is -0.369 e. The molecule has 1 amide bonds. The fourth-order valence-electron chi connectivity index (χ4n) is 1.72. The molecule has 1 aromatic rings. The Morgan fingerprint density at radius 2 is 1.87 bits per heavy atom. The molecule has 0 spiro atoms. The van der Waals surface area contributed by atoms with Gasteiger partial charge in [0, 0.05) is 24.9 Å². The molecule has 0 aliphatic carbocycles. The van der Waals surface area contributed by atoms with Crippen molar-refractivity contribution >= 4 is 27.8 Å². The molecule has 1 rings (SSSR count). The fourth-order valence-corrected chi connectivity index (χ4v) is 3.46. The van der Waals surface area contributed by atoms with Crippen LogP contribution in [-0.2, 0) is 20.3 Å². The Balaban J connectivity index is 2.67. The van der Waals surface area contributed by atoms with E-state index in [-0.39, 0.29) is 12.0 Å². The number of amides is 1. The van der Waals surface area contributed by atoms with Crippen LogP contribution < -0.4 is 5.32 Å². The molecule has 0 aliphatic rings. The number of hydrogen-bond donors (Lipinski definition) is 5. The molecule has 0 bridgehead atoms. The standard InChI is InChI=1S/C12H17NO8P2/c14-8-5-9-1-3-10(4-2-9)11(15)13-7-6-12(16,22(17)18)23(19,20)21/h1-4,8,16,22H,5-7H2,(H,13,15)(H,17,18)(H2,19,20,21). The second kappa shape index (κ2) is 7.97. The Morgan fingerprint density at radius 1 is 1.30 bits per heavy atom. The quantitative estimate of drug-likeness (QED) is 0.314. The van der Waals surface area contributed by atoms with Crippen LogP contribution in [0.2, 0.25) is 0 Å². The lowest BCUT2D eigenvalue weighted by atomic mass is 10.1. The second-order valence-electron chi connectivity index (χ2n) is 4.74. The van der Waals surface area contributed by atoms with Gasteiger partial charge in [-0.25, -0.2) is 0 Å². The summed E-state index contributed by atoms with van der Waals surface area (Å²) in [6.45, 7) is -0.409. The highest BCUT2D eigenvalue weighted by molar-refractivity contribution is 7.66. The van der Waals surface area contributed by atoms with E-state index in [1.54, 1.807) is 12.1 Å². The first-order valence-electron chi connectivity index (χ1n) is 6.44. The Labute approximate surface area is 132 Å². The van der Waals surface area contributed by atoms with Gasteiger partial charge in [0.1, 0.15) is 6.29 Å². The van der Waals surface area contributed by atoms with Crippen molar-refractivity contribution in [1.82, 2.24) is 5.32 Å².